The molecular formula is C20H21FN2O. The van der Waals surface area contributed by atoms with Crippen molar-refractivity contribution < 1.29 is 9.18 Å². The first kappa shape index (κ1) is 16.4. The molecule has 4 heteroatoms. The van der Waals surface area contributed by atoms with E-state index >= 15 is 0 Å². The highest BCUT2D eigenvalue weighted by Gasteiger charge is 2.20. The summed E-state index contributed by atoms with van der Waals surface area (Å²) >= 11 is 0. The van der Waals surface area contributed by atoms with Crippen LogP contribution in [0.25, 0.3) is 10.9 Å². The number of hydrogen-bond donors (Lipinski definition) is 1. The van der Waals surface area contributed by atoms with Crippen LogP contribution in [0.2, 0.25) is 0 Å². The summed E-state index contributed by atoms with van der Waals surface area (Å²) < 4.78 is 13.1. The summed E-state index contributed by atoms with van der Waals surface area (Å²) in [6.07, 6.45) is 1.78. The molecule has 0 saturated heterocycles. The second kappa shape index (κ2) is 6.97. The molecule has 1 aromatic heterocycles. The number of ketones is 1. The van der Waals surface area contributed by atoms with Gasteiger partial charge in [-0.25, -0.2) is 4.39 Å². The number of nitrogens with one attached hydrogen (secondary N) is 1. The molecule has 2 aromatic carbocycles. The number of fused-ring (bicyclic) bond motifs is 1. The van der Waals surface area contributed by atoms with Gasteiger partial charge in [-0.15, -0.1) is 0 Å². The number of Topliss-reactive ketones (excluding diaryl/α,β-unsaturated/α-hetero) is 1. The summed E-state index contributed by atoms with van der Waals surface area (Å²) in [6.45, 7) is 5.14. The average molecular weight is 324 g/mol. The van der Waals surface area contributed by atoms with E-state index in [1.807, 2.05) is 38.1 Å². The Morgan fingerprint density at radius 1 is 1.17 bits per heavy atom. The lowest BCUT2D eigenvalue weighted by molar-refractivity contribution is 0.0906. The molecule has 0 amide bonds. The number of carbonyl (C=O) groups excluding carboxylic acids is 1. The van der Waals surface area contributed by atoms with Crippen LogP contribution >= 0.6 is 0 Å². The maximum absolute atomic E-state index is 13.1. The summed E-state index contributed by atoms with van der Waals surface area (Å²) in [5.74, 6) is -0.160. The first-order chi connectivity index (χ1) is 11.6. The van der Waals surface area contributed by atoms with Crippen molar-refractivity contribution in [2.75, 3.05) is 13.1 Å². The van der Waals surface area contributed by atoms with Crippen molar-refractivity contribution in [2.24, 2.45) is 0 Å². The van der Waals surface area contributed by atoms with E-state index in [1.54, 1.807) is 18.3 Å². The third-order valence-electron chi connectivity index (χ3n) is 4.54. The Hall–Kier alpha value is -2.46. The van der Waals surface area contributed by atoms with Crippen molar-refractivity contribution in [3.63, 3.8) is 0 Å². The largest absolute Gasteiger partial charge is 0.360 e. The molecule has 124 valence electrons. The third kappa shape index (κ3) is 3.24. The molecule has 0 aliphatic carbocycles. The molecule has 0 aliphatic rings. The third-order valence-corrected chi connectivity index (χ3v) is 4.54. The molecule has 0 aliphatic heterocycles. The summed E-state index contributed by atoms with van der Waals surface area (Å²) in [7, 11) is 0. The van der Waals surface area contributed by atoms with Crippen molar-refractivity contribution in [3.8, 4) is 0 Å². The number of para-hydroxylation sites is 1. The minimum Gasteiger partial charge on any atom is -0.360 e. The molecule has 0 bridgehead atoms. The van der Waals surface area contributed by atoms with Crippen molar-refractivity contribution in [1.82, 2.24) is 9.88 Å². The predicted molar refractivity (Wildman–Crippen MR) is 94.7 cm³/mol. The zero-order valence-corrected chi connectivity index (χ0v) is 13.9. The average Bonchev–Trinajstić information content (AvgIpc) is 3.04. The van der Waals surface area contributed by atoms with Gasteiger partial charge >= 0.3 is 0 Å². The first-order valence-corrected chi connectivity index (χ1v) is 8.19. The lowest BCUT2D eigenvalue weighted by Gasteiger charge is -2.27. The lowest BCUT2D eigenvalue weighted by atomic mass is 10.0. The van der Waals surface area contributed by atoms with Gasteiger partial charge in [0.15, 0.2) is 5.78 Å². The van der Waals surface area contributed by atoms with Crippen LogP contribution in [0.1, 0.15) is 35.8 Å². The molecule has 0 radical (unpaired) electrons. The van der Waals surface area contributed by atoms with Crippen molar-refractivity contribution in [3.05, 3.63) is 71.7 Å². The standard InChI is InChI=1S/C20H21FN2O/c1-3-23(14(2)15-8-10-16(21)11-9-15)13-20(24)18-12-22-19-7-5-4-6-17(18)19/h4-12,14,22H,3,13H2,1-2H3. The van der Waals surface area contributed by atoms with E-state index in [9.17, 15) is 9.18 Å². The molecule has 24 heavy (non-hydrogen) atoms. The van der Waals surface area contributed by atoms with Gasteiger partial charge in [-0.2, -0.15) is 0 Å². The van der Waals surface area contributed by atoms with E-state index in [0.717, 1.165) is 28.6 Å². The zero-order chi connectivity index (χ0) is 17.1. The van der Waals surface area contributed by atoms with Crippen molar-refractivity contribution >= 4 is 16.7 Å². The number of rotatable bonds is 6. The molecular weight excluding hydrogens is 303 g/mol. The monoisotopic (exact) mass is 324 g/mol. The van der Waals surface area contributed by atoms with Crippen LogP contribution in [0.15, 0.2) is 54.7 Å². The number of aromatic nitrogens is 1. The van der Waals surface area contributed by atoms with Gasteiger partial charge in [0.1, 0.15) is 5.82 Å². The van der Waals surface area contributed by atoms with Gasteiger partial charge in [0.2, 0.25) is 0 Å². The molecule has 3 nitrogen and oxygen atoms in total. The minimum atomic E-state index is -0.246. The molecule has 1 N–H and O–H groups in total. The molecule has 3 aromatic rings. The van der Waals surface area contributed by atoms with E-state index in [2.05, 4.69) is 9.88 Å². The smallest absolute Gasteiger partial charge is 0.178 e. The predicted octanol–water partition coefficient (Wildman–Crippen LogP) is 4.57. The van der Waals surface area contributed by atoms with Crippen LogP contribution in [0, 0.1) is 5.82 Å². The Bertz CT molecular complexity index is 838. The highest BCUT2D eigenvalue weighted by Crippen LogP contribution is 2.23. The molecule has 0 fully saturated rings. The SMILES string of the molecule is CCN(CC(=O)c1c[nH]c2ccccc12)C(C)c1ccc(F)cc1. The molecule has 1 unspecified atom stereocenters. The Kier molecular flexibility index (Phi) is 4.76. The number of likely N-dealkylation sites (N-methyl/N-ethyl adjacent to an activating group) is 1. The molecule has 0 spiro atoms. The number of carbonyl (C=O) groups is 1. The van der Waals surface area contributed by atoms with Gasteiger partial charge < -0.3 is 4.98 Å². The molecule has 3 rings (SSSR count). The maximum atomic E-state index is 13.1. The van der Waals surface area contributed by atoms with E-state index < -0.39 is 0 Å². The van der Waals surface area contributed by atoms with Crippen LogP contribution < -0.4 is 0 Å². The maximum Gasteiger partial charge on any atom is 0.178 e. The normalized spacial score (nSPS) is 12.7. The number of aromatic amines is 1. The second-order valence-electron chi connectivity index (χ2n) is 5.96. The topological polar surface area (TPSA) is 36.1 Å². The number of hydrogen-bond acceptors (Lipinski definition) is 2. The fourth-order valence-electron chi connectivity index (χ4n) is 3.05. The fourth-order valence-corrected chi connectivity index (χ4v) is 3.05. The summed E-state index contributed by atoms with van der Waals surface area (Å²) in [5, 5.41) is 0.952. The Morgan fingerprint density at radius 3 is 2.58 bits per heavy atom. The number of benzene rings is 2. The molecule has 1 atom stereocenters. The lowest BCUT2D eigenvalue weighted by Crippen LogP contribution is -2.32. The number of nitrogens with zero attached hydrogens (tertiary/aromatic N) is 1. The fraction of sp³-hybridized carbons (Fsp3) is 0.250. The first-order valence-electron chi connectivity index (χ1n) is 8.19. The van der Waals surface area contributed by atoms with Gasteiger partial charge in [-0.3, -0.25) is 9.69 Å². The summed E-state index contributed by atoms with van der Waals surface area (Å²) in [5.41, 5.74) is 2.69. The summed E-state index contributed by atoms with van der Waals surface area (Å²) in [4.78, 5) is 18.0. The van der Waals surface area contributed by atoms with Crippen molar-refractivity contribution in [1.29, 1.82) is 0 Å². The van der Waals surface area contributed by atoms with Crippen LogP contribution in [0.4, 0.5) is 4.39 Å². The Labute approximate surface area is 141 Å². The number of H-pyrrole nitrogens is 1. The van der Waals surface area contributed by atoms with Crippen LogP contribution in [0.3, 0.4) is 0 Å². The highest BCUT2D eigenvalue weighted by atomic mass is 19.1. The Balaban J connectivity index is 1.79. The zero-order valence-electron chi connectivity index (χ0n) is 13.9. The van der Waals surface area contributed by atoms with Gasteiger partial charge in [0.25, 0.3) is 0 Å². The van der Waals surface area contributed by atoms with Crippen LogP contribution in [-0.4, -0.2) is 28.8 Å². The van der Waals surface area contributed by atoms with E-state index in [4.69, 9.17) is 0 Å². The van der Waals surface area contributed by atoms with Gasteiger partial charge in [0, 0.05) is 28.7 Å². The minimum absolute atomic E-state index is 0.0461. The van der Waals surface area contributed by atoms with Crippen molar-refractivity contribution in [2.45, 2.75) is 19.9 Å². The quantitative estimate of drug-likeness (QED) is 0.674. The van der Waals surface area contributed by atoms with Gasteiger partial charge in [0.05, 0.1) is 6.54 Å². The van der Waals surface area contributed by atoms with Gasteiger partial charge in [-0.05, 0) is 37.2 Å². The van der Waals surface area contributed by atoms with E-state index in [-0.39, 0.29) is 17.6 Å². The van der Waals surface area contributed by atoms with E-state index in [0.29, 0.717) is 6.54 Å². The van der Waals surface area contributed by atoms with Crippen LogP contribution in [-0.2, 0) is 0 Å². The van der Waals surface area contributed by atoms with Crippen LogP contribution in [0.5, 0.6) is 0 Å². The second-order valence-corrected chi connectivity index (χ2v) is 5.96. The Morgan fingerprint density at radius 2 is 1.88 bits per heavy atom. The summed E-state index contributed by atoms with van der Waals surface area (Å²) in [6, 6.07) is 14.3. The molecule has 0 saturated carbocycles. The number of halogens is 1. The van der Waals surface area contributed by atoms with Gasteiger partial charge in [-0.1, -0.05) is 37.3 Å². The molecule has 1 heterocycles. The van der Waals surface area contributed by atoms with E-state index in [1.165, 1.54) is 12.1 Å². The highest BCUT2D eigenvalue weighted by molar-refractivity contribution is 6.08.